The van der Waals surface area contributed by atoms with Gasteiger partial charge in [0.1, 0.15) is 11.4 Å². The zero-order valence-corrected chi connectivity index (χ0v) is 23.0. The van der Waals surface area contributed by atoms with E-state index in [1.807, 2.05) is 37.0 Å². The lowest BCUT2D eigenvalue weighted by atomic mass is 10.1. The van der Waals surface area contributed by atoms with Gasteiger partial charge in [-0.3, -0.25) is 4.90 Å². The highest BCUT2D eigenvalue weighted by molar-refractivity contribution is 7.98. The molecule has 1 aliphatic rings. The fourth-order valence-electron chi connectivity index (χ4n) is 4.74. The third-order valence-corrected chi connectivity index (χ3v) is 7.10. The van der Waals surface area contributed by atoms with Crippen LogP contribution in [0.15, 0.2) is 72.0 Å². The Morgan fingerprint density at radius 2 is 1.67 bits per heavy atom. The van der Waals surface area contributed by atoms with E-state index in [1.54, 1.807) is 11.8 Å². The van der Waals surface area contributed by atoms with Gasteiger partial charge in [-0.25, -0.2) is 9.50 Å². The first-order valence-corrected chi connectivity index (χ1v) is 14.2. The maximum atomic E-state index is 6.36. The van der Waals surface area contributed by atoms with E-state index >= 15 is 0 Å². The Bertz CT molecular complexity index is 1260. The largest absolute Gasteiger partial charge is 0.487 e. The molecule has 2 aromatic heterocycles. The molecule has 0 radical (unpaired) electrons. The molecule has 1 fully saturated rings. The summed E-state index contributed by atoms with van der Waals surface area (Å²) in [4.78, 5) is 8.51. The highest BCUT2D eigenvalue weighted by Gasteiger charge is 2.24. The van der Waals surface area contributed by atoms with Crippen LogP contribution in [0.4, 0.5) is 0 Å². The van der Waals surface area contributed by atoms with Crippen molar-refractivity contribution in [2.75, 3.05) is 25.9 Å². The van der Waals surface area contributed by atoms with Crippen LogP contribution in [-0.4, -0.2) is 51.0 Å². The molecule has 0 saturated carbocycles. The average molecular weight is 503 g/mol. The lowest BCUT2D eigenvalue weighted by molar-refractivity contribution is 0.0520. The number of hydrogen-bond acceptors (Lipinski definition) is 5. The fraction of sp³-hybridized carbons (Fsp3) is 0.400. The van der Waals surface area contributed by atoms with Crippen LogP contribution >= 0.6 is 11.8 Å². The summed E-state index contributed by atoms with van der Waals surface area (Å²) < 4.78 is 8.22. The van der Waals surface area contributed by atoms with E-state index in [-0.39, 0.29) is 5.60 Å². The van der Waals surface area contributed by atoms with Crippen LogP contribution in [0, 0.1) is 0 Å². The molecule has 0 bridgehead atoms. The van der Waals surface area contributed by atoms with Gasteiger partial charge in [-0.15, -0.1) is 11.8 Å². The monoisotopic (exact) mass is 502 g/mol. The van der Waals surface area contributed by atoms with Gasteiger partial charge < -0.3 is 4.74 Å². The van der Waals surface area contributed by atoms with Crippen molar-refractivity contribution >= 4 is 17.4 Å². The molecule has 5 nitrogen and oxygen atoms in total. The van der Waals surface area contributed by atoms with Gasteiger partial charge in [-0.05, 0) is 81.4 Å². The van der Waals surface area contributed by atoms with Gasteiger partial charge in [0.15, 0.2) is 5.65 Å². The molecule has 1 saturated heterocycles. The van der Waals surface area contributed by atoms with E-state index in [0.29, 0.717) is 0 Å². The number of benzene rings is 2. The van der Waals surface area contributed by atoms with Crippen molar-refractivity contribution in [3.8, 4) is 28.0 Å². The number of likely N-dealkylation sites (tertiary alicyclic amines) is 1. The highest BCUT2D eigenvalue weighted by Crippen LogP contribution is 2.29. The van der Waals surface area contributed by atoms with Crippen molar-refractivity contribution < 1.29 is 4.74 Å². The number of hydrogen-bond donors (Lipinski definition) is 0. The molecule has 0 aliphatic carbocycles. The SMILES string of the molecule is CC.CSc1cccc(-c2cnn3cc(-c4ccc(OC(C)(C)CN5CCCCC5)cc4)cnc23)c1. The molecule has 0 N–H and O–H groups in total. The van der Waals surface area contributed by atoms with Crippen LogP contribution in [0.2, 0.25) is 0 Å². The number of ether oxygens (including phenoxy) is 1. The zero-order chi connectivity index (χ0) is 25.5. The normalized spacial score (nSPS) is 14.4. The Morgan fingerprint density at radius 3 is 2.39 bits per heavy atom. The number of aromatic nitrogens is 3. The summed E-state index contributed by atoms with van der Waals surface area (Å²) in [5.74, 6) is 0.898. The molecule has 6 heteroatoms. The predicted molar refractivity (Wildman–Crippen MR) is 152 cm³/mol. The number of thioether (sulfide) groups is 1. The van der Waals surface area contributed by atoms with Crippen LogP contribution < -0.4 is 4.74 Å². The quantitative estimate of drug-likeness (QED) is 0.245. The molecule has 190 valence electrons. The zero-order valence-electron chi connectivity index (χ0n) is 22.2. The molecule has 0 atom stereocenters. The van der Waals surface area contributed by atoms with Crippen molar-refractivity contribution in [1.82, 2.24) is 19.5 Å². The molecule has 2 aromatic carbocycles. The van der Waals surface area contributed by atoms with Crippen LogP contribution in [0.5, 0.6) is 5.75 Å². The Labute approximate surface area is 219 Å². The minimum atomic E-state index is -0.224. The second kappa shape index (κ2) is 11.9. The molecule has 4 aromatic rings. The number of nitrogens with zero attached hydrogens (tertiary/aromatic N) is 4. The van der Waals surface area contributed by atoms with Gasteiger partial charge in [0, 0.05) is 35.0 Å². The summed E-state index contributed by atoms with van der Waals surface area (Å²) >= 11 is 1.74. The molecule has 3 heterocycles. The minimum absolute atomic E-state index is 0.224. The summed E-state index contributed by atoms with van der Waals surface area (Å²) in [5, 5.41) is 4.58. The Morgan fingerprint density at radius 1 is 0.917 bits per heavy atom. The van der Waals surface area contributed by atoms with Gasteiger partial charge in [0.25, 0.3) is 0 Å². The minimum Gasteiger partial charge on any atom is -0.487 e. The molecular weight excluding hydrogens is 464 g/mol. The molecule has 36 heavy (non-hydrogen) atoms. The summed E-state index contributed by atoms with van der Waals surface area (Å²) in [6.45, 7) is 11.7. The van der Waals surface area contributed by atoms with Gasteiger partial charge in [0.05, 0.1) is 6.20 Å². The average Bonchev–Trinajstić information content (AvgIpc) is 3.34. The molecule has 0 unspecified atom stereocenters. The maximum Gasteiger partial charge on any atom is 0.162 e. The predicted octanol–water partition coefficient (Wildman–Crippen LogP) is 7.45. The van der Waals surface area contributed by atoms with Crippen LogP contribution in [-0.2, 0) is 0 Å². The standard InChI is InChI=1S/C28H32N4OS.C2H6/c1-28(2,20-31-14-5-4-6-15-31)33-24-12-10-21(11-13-24)23-17-29-27-26(18-30-32(27)19-23)22-8-7-9-25(16-22)34-3;1-2/h7-13,16-19H,4-6,14-15,20H2,1-3H3;1-2H3. The van der Waals surface area contributed by atoms with Crippen molar-refractivity contribution in [2.45, 2.75) is 57.5 Å². The van der Waals surface area contributed by atoms with Crippen molar-refractivity contribution in [3.63, 3.8) is 0 Å². The van der Waals surface area contributed by atoms with Crippen LogP contribution in [0.25, 0.3) is 27.9 Å². The summed E-state index contributed by atoms with van der Waals surface area (Å²) in [6.07, 6.45) is 11.9. The molecule has 5 rings (SSSR count). The second-order valence-corrected chi connectivity index (χ2v) is 10.5. The Hall–Kier alpha value is -2.83. The third kappa shape index (κ3) is 6.29. The molecule has 1 aliphatic heterocycles. The van der Waals surface area contributed by atoms with E-state index in [9.17, 15) is 0 Å². The van der Waals surface area contributed by atoms with E-state index in [1.165, 1.54) is 37.2 Å². The first kappa shape index (κ1) is 26.2. The smallest absolute Gasteiger partial charge is 0.162 e. The highest BCUT2D eigenvalue weighted by atomic mass is 32.2. The topological polar surface area (TPSA) is 42.7 Å². The third-order valence-electron chi connectivity index (χ3n) is 6.37. The summed E-state index contributed by atoms with van der Waals surface area (Å²) in [6, 6.07) is 16.8. The lowest BCUT2D eigenvalue weighted by Crippen LogP contribution is -2.44. The molecule has 0 spiro atoms. The fourth-order valence-corrected chi connectivity index (χ4v) is 5.20. The molecule has 0 amide bonds. The van der Waals surface area contributed by atoms with Gasteiger partial charge in [-0.1, -0.05) is 44.5 Å². The lowest BCUT2D eigenvalue weighted by Gasteiger charge is -2.35. The Balaban J connectivity index is 0.00000148. The Kier molecular flexibility index (Phi) is 8.70. The summed E-state index contributed by atoms with van der Waals surface area (Å²) in [5.41, 5.74) is 4.94. The summed E-state index contributed by atoms with van der Waals surface area (Å²) in [7, 11) is 0. The number of rotatable bonds is 7. The first-order valence-electron chi connectivity index (χ1n) is 13.0. The van der Waals surface area contributed by atoms with Gasteiger partial charge >= 0.3 is 0 Å². The number of fused-ring (bicyclic) bond motifs is 1. The number of piperidine rings is 1. The van der Waals surface area contributed by atoms with E-state index in [2.05, 4.69) is 78.6 Å². The van der Waals surface area contributed by atoms with Crippen molar-refractivity contribution in [1.29, 1.82) is 0 Å². The van der Waals surface area contributed by atoms with Gasteiger partial charge in [0.2, 0.25) is 0 Å². The first-order chi connectivity index (χ1) is 17.5. The van der Waals surface area contributed by atoms with Gasteiger partial charge in [-0.2, -0.15) is 5.10 Å². The molecular formula is C30H38N4OS. The van der Waals surface area contributed by atoms with Crippen LogP contribution in [0.1, 0.15) is 47.0 Å². The van der Waals surface area contributed by atoms with E-state index < -0.39 is 0 Å². The van der Waals surface area contributed by atoms with E-state index in [0.717, 1.165) is 40.2 Å². The van der Waals surface area contributed by atoms with Crippen molar-refractivity contribution in [3.05, 3.63) is 67.1 Å². The maximum absolute atomic E-state index is 6.36. The second-order valence-electron chi connectivity index (χ2n) is 9.62. The van der Waals surface area contributed by atoms with E-state index in [4.69, 9.17) is 9.72 Å². The van der Waals surface area contributed by atoms with Crippen molar-refractivity contribution in [2.24, 2.45) is 0 Å². The van der Waals surface area contributed by atoms with Crippen LogP contribution in [0.3, 0.4) is 0 Å².